The summed E-state index contributed by atoms with van der Waals surface area (Å²) >= 11 is 1.47. The maximum Gasteiger partial charge on any atom is 0.227 e. The Balaban J connectivity index is 2.14. The Morgan fingerprint density at radius 2 is 1.75 bits per heavy atom. The third-order valence-electron chi connectivity index (χ3n) is 3.86. The fourth-order valence-corrected chi connectivity index (χ4v) is 3.29. The van der Waals surface area contributed by atoms with Gasteiger partial charge in [0.05, 0.1) is 5.69 Å². The number of carbonyl (C=O) groups excluding carboxylic acids is 2. The largest absolute Gasteiger partial charge is 0.356 e. The summed E-state index contributed by atoms with van der Waals surface area (Å²) in [5, 5.41) is 6.01. The van der Waals surface area contributed by atoms with Crippen LogP contribution >= 0.6 is 11.3 Å². The molecule has 2 rings (SSSR count). The normalized spacial score (nSPS) is 10.5. The highest BCUT2D eigenvalue weighted by Gasteiger charge is 2.14. The summed E-state index contributed by atoms with van der Waals surface area (Å²) in [4.78, 5) is 28.4. The Bertz CT molecular complexity index is 781. The van der Waals surface area contributed by atoms with E-state index in [0.29, 0.717) is 11.7 Å². The number of hydrogen-bond acceptors (Lipinski definition) is 4. The number of anilines is 1. The molecule has 0 spiro atoms. The topological polar surface area (TPSA) is 71.1 Å². The molecule has 0 saturated heterocycles. The second-order valence-electron chi connectivity index (χ2n) is 5.96. The van der Waals surface area contributed by atoms with Crippen LogP contribution in [0, 0.1) is 27.7 Å². The van der Waals surface area contributed by atoms with Gasteiger partial charge < -0.3 is 10.6 Å². The Labute approximate surface area is 146 Å². The number of carbonyl (C=O) groups is 2. The van der Waals surface area contributed by atoms with Crippen LogP contribution in [-0.2, 0) is 9.59 Å². The van der Waals surface area contributed by atoms with E-state index in [0.717, 1.165) is 16.1 Å². The summed E-state index contributed by atoms with van der Waals surface area (Å²) in [6.07, 6.45) is 0.232. The second kappa shape index (κ2) is 7.57. The van der Waals surface area contributed by atoms with E-state index in [9.17, 15) is 9.59 Å². The highest BCUT2D eigenvalue weighted by Crippen LogP contribution is 2.33. The van der Waals surface area contributed by atoms with Crippen LogP contribution in [0.2, 0.25) is 0 Å². The first-order chi connectivity index (χ1) is 11.3. The zero-order chi connectivity index (χ0) is 17.9. The highest BCUT2D eigenvalue weighted by atomic mass is 32.1. The molecular formula is C18H23N3O2S. The van der Waals surface area contributed by atoms with Gasteiger partial charge in [0.15, 0.2) is 5.13 Å². The first-order valence-corrected chi connectivity index (χ1v) is 8.69. The maximum atomic E-state index is 11.9. The molecule has 0 radical (unpaired) electrons. The Kier molecular flexibility index (Phi) is 5.72. The van der Waals surface area contributed by atoms with Crippen molar-refractivity contribution in [3.8, 4) is 11.3 Å². The molecule has 2 amide bonds. The smallest absolute Gasteiger partial charge is 0.227 e. The number of hydrogen-bond donors (Lipinski definition) is 2. The van der Waals surface area contributed by atoms with E-state index < -0.39 is 0 Å². The molecule has 0 aliphatic heterocycles. The lowest BCUT2D eigenvalue weighted by Crippen LogP contribution is -2.25. The van der Waals surface area contributed by atoms with Crippen molar-refractivity contribution in [1.82, 2.24) is 10.3 Å². The molecule has 1 heterocycles. The van der Waals surface area contributed by atoms with Gasteiger partial charge in [-0.3, -0.25) is 9.59 Å². The highest BCUT2D eigenvalue weighted by molar-refractivity contribution is 7.16. The van der Waals surface area contributed by atoms with Crippen molar-refractivity contribution in [1.29, 1.82) is 0 Å². The van der Waals surface area contributed by atoms with Gasteiger partial charge in [-0.2, -0.15) is 0 Å². The molecule has 24 heavy (non-hydrogen) atoms. The van der Waals surface area contributed by atoms with Crippen LogP contribution in [0.3, 0.4) is 0 Å². The van der Waals surface area contributed by atoms with E-state index in [1.54, 1.807) is 0 Å². The summed E-state index contributed by atoms with van der Waals surface area (Å²) in [6.45, 7) is 10.0. The molecule has 128 valence electrons. The number of thiazole rings is 1. The van der Waals surface area contributed by atoms with Crippen LogP contribution < -0.4 is 10.6 Å². The van der Waals surface area contributed by atoms with Crippen molar-refractivity contribution in [2.75, 3.05) is 11.9 Å². The summed E-state index contributed by atoms with van der Waals surface area (Å²) < 4.78 is 0. The summed E-state index contributed by atoms with van der Waals surface area (Å²) in [5.41, 5.74) is 5.68. The molecule has 0 fully saturated rings. The van der Waals surface area contributed by atoms with Crippen molar-refractivity contribution in [3.63, 3.8) is 0 Å². The van der Waals surface area contributed by atoms with E-state index in [1.807, 2.05) is 6.92 Å². The van der Waals surface area contributed by atoms with Gasteiger partial charge >= 0.3 is 0 Å². The lowest BCUT2D eigenvalue weighted by molar-refractivity contribution is -0.119. The van der Waals surface area contributed by atoms with Crippen molar-refractivity contribution < 1.29 is 9.59 Å². The molecule has 0 aliphatic carbocycles. The monoisotopic (exact) mass is 345 g/mol. The molecule has 2 N–H and O–H groups in total. The fraction of sp³-hybridized carbons (Fsp3) is 0.389. The van der Waals surface area contributed by atoms with E-state index in [4.69, 9.17) is 0 Å². The maximum absolute atomic E-state index is 11.9. The molecule has 0 aliphatic rings. The average Bonchev–Trinajstić information content (AvgIpc) is 2.82. The summed E-state index contributed by atoms with van der Waals surface area (Å²) in [5.74, 6) is -0.291. The van der Waals surface area contributed by atoms with E-state index in [1.165, 1.54) is 35.0 Å². The van der Waals surface area contributed by atoms with Gasteiger partial charge in [0.1, 0.15) is 0 Å². The molecule has 0 atom stereocenters. The zero-order valence-corrected chi connectivity index (χ0v) is 15.6. The van der Waals surface area contributed by atoms with Crippen molar-refractivity contribution in [2.24, 2.45) is 0 Å². The second-order valence-corrected chi connectivity index (χ2v) is 7.16. The van der Waals surface area contributed by atoms with Crippen LogP contribution in [0.5, 0.6) is 0 Å². The third kappa shape index (κ3) is 4.41. The molecule has 6 heteroatoms. The van der Waals surface area contributed by atoms with Crippen molar-refractivity contribution in [2.45, 2.75) is 41.0 Å². The average molecular weight is 345 g/mol. The molecule has 0 saturated carbocycles. The van der Waals surface area contributed by atoms with Crippen LogP contribution in [0.25, 0.3) is 11.3 Å². The van der Waals surface area contributed by atoms with Gasteiger partial charge in [-0.25, -0.2) is 4.98 Å². The standard InChI is InChI=1S/C18H23N3O2S/c1-10-8-12(3)15(9-11(10)2)17-13(4)24-18(21-17)20-16(23)6-7-19-14(5)22/h8-9H,6-7H2,1-5H3,(H,19,22)(H,20,21,23). The Morgan fingerprint density at radius 1 is 1.08 bits per heavy atom. The van der Waals surface area contributed by atoms with Gasteiger partial charge in [-0.05, 0) is 50.5 Å². The molecule has 2 aromatic rings. The van der Waals surface area contributed by atoms with Crippen LogP contribution in [0.1, 0.15) is 34.9 Å². The lowest BCUT2D eigenvalue weighted by atomic mass is 9.98. The van der Waals surface area contributed by atoms with Crippen LogP contribution in [-0.4, -0.2) is 23.3 Å². The number of aromatic nitrogens is 1. The Morgan fingerprint density at radius 3 is 2.42 bits per heavy atom. The van der Waals surface area contributed by atoms with Gasteiger partial charge in [0.25, 0.3) is 0 Å². The molecular weight excluding hydrogens is 322 g/mol. The van der Waals surface area contributed by atoms with Crippen molar-refractivity contribution >= 4 is 28.3 Å². The van der Waals surface area contributed by atoms with Crippen LogP contribution in [0.4, 0.5) is 5.13 Å². The summed E-state index contributed by atoms with van der Waals surface area (Å²) in [6, 6.07) is 4.31. The minimum Gasteiger partial charge on any atom is -0.356 e. The predicted molar refractivity (Wildman–Crippen MR) is 98.4 cm³/mol. The molecule has 5 nitrogen and oxygen atoms in total. The van der Waals surface area contributed by atoms with Gasteiger partial charge in [0, 0.05) is 30.3 Å². The molecule has 1 aromatic carbocycles. The number of nitrogens with zero attached hydrogens (tertiary/aromatic N) is 1. The number of rotatable bonds is 5. The minimum absolute atomic E-state index is 0.139. The third-order valence-corrected chi connectivity index (χ3v) is 4.75. The first kappa shape index (κ1) is 18.1. The summed E-state index contributed by atoms with van der Waals surface area (Å²) in [7, 11) is 0. The number of aryl methyl sites for hydroxylation is 4. The number of amides is 2. The number of nitrogens with one attached hydrogen (secondary N) is 2. The predicted octanol–water partition coefficient (Wildman–Crippen LogP) is 3.51. The minimum atomic E-state index is -0.152. The lowest BCUT2D eigenvalue weighted by Gasteiger charge is -2.08. The number of benzene rings is 1. The van der Waals surface area contributed by atoms with Crippen LogP contribution in [0.15, 0.2) is 12.1 Å². The SMILES string of the molecule is CC(=O)NCCC(=O)Nc1nc(-c2cc(C)c(C)cc2C)c(C)s1. The molecule has 1 aromatic heterocycles. The van der Waals surface area contributed by atoms with E-state index in [-0.39, 0.29) is 18.2 Å². The quantitative estimate of drug-likeness (QED) is 0.871. The molecule has 0 bridgehead atoms. The van der Waals surface area contributed by atoms with E-state index >= 15 is 0 Å². The Hall–Kier alpha value is -2.21. The van der Waals surface area contributed by atoms with Gasteiger partial charge in [-0.15, -0.1) is 11.3 Å². The first-order valence-electron chi connectivity index (χ1n) is 7.88. The van der Waals surface area contributed by atoms with Gasteiger partial charge in [-0.1, -0.05) is 6.07 Å². The molecule has 0 unspecified atom stereocenters. The van der Waals surface area contributed by atoms with Crippen molar-refractivity contribution in [3.05, 3.63) is 33.7 Å². The van der Waals surface area contributed by atoms with Gasteiger partial charge in [0.2, 0.25) is 11.8 Å². The fourth-order valence-electron chi connectivity index (χ4n) is 2.45. The zero-order valence-electron chi connectivity index (χ0n) is 14.7. The van der Waals surface area contributed by atoms with E-state index in [2.05, 4.69) is 48.5 Å².